The van der Waals surface area contributed by atoms with Gasteiger partial charge in [-0.2, -0.15) is 5.10 Å². The molecule has 2 aromatic heterocycles. The van der Waals surface area contributed by atoms with Gasteiger partial charge in [0.15, 0.2) is 5.69 Å². The molecule has 7 nitrogen and oxygen atoms in total. The van der Waals surface area contributed by atoms with Crippen molar-refractivity contribution in [1.29, 1.82) is 0 Å². The van der Waals surface area contributed by atoms with E-state index in [1.54, 1.807) is 10.7 Å². The first kappa shape index (κ1) is 19.4. The number of nitrogens with one attached hydrogen (secondary N) is 1. The summed E-state index contributed by atoms with van der Waals surface area (Å²) in [5, 5.41) is 8.86. The summed E-state index contributed by atoms with van der Waals surface area (Å²) in [6, 6.07) is 18.9. The predicted molar refractivity (Wildman–Crippen MR) is 123 cm³/mol. The molecule has 4 aromatic rings. The normalized spacial score (nSPS) is 14.3. The van der Waals surface area contributed by atoms with Gasteiger partial charge in [0, 0.05) is 61.2 Å². The molecule has 0 bridgehead atoms. The van der Waals surface area contributed by atoms with E-state index in [2.05, 4.69) is 68.5 Å². The number of aryl methyl sites for hydroxylation is 1. The summed E-state index contributed by atoms with van der Waals surface area (Å²) >= 11 is 0. The minimum atomic E-state index is -0.517. The van der Waals surface area contributed by atoms with Crippen LogP contribution in [0.2, 0.25) is 0 Å². The summed E-state index contributed by atoms with van der Waals surface area (Å²) in [6.07, 6.45) is 2.11. The van der Waals surface area contributed by atoms with Gasteiger partial charge in [-0.25, -0.2) is 4.68 Å². The maximum Gasteiger partial charge on any atom is 0.269 e. The third-order valence-corrected chi connectivity index (χ3v) is 5.91. The molecular weight excluding hydrogens is 388 g/mol. The quantitative estimate of drug-likeness (QED) is 0.526. The average molecular weight is 415 g/mol. The van der Waals surface area contributed by atoms with E-state index >= 15 is 0 Å². The number of rotatable bonds is 5. The summed E-state index contributed by atoms with van der Waals surface area (Å²) in [5.41, 5.74) is 11.2. The predicted octanol–water partition coefficient (Wildman–Crippen LogP) is 2.69. The van der Waals surface area contributed by atoms with Gasteiger partial charge in [-0.15, -0.1) is 0 Å². The number of hydrogen-bond donors (Lipinski definition) is 2. The van der Waals surface area contributed by atoms with Crippen molar-refractivity contribution < 1.29 is 4.79 Å². The number of hydrogen-bond acceptors (Lipinski definition) is 4. The summed E-state index contributed by atoms with van der Waals surface area (Å²) in [4.78, 5) is 13.9. The first-order chi connectivity index (χ1) is 15.1. The van der Waals surface area contributed by atoms with Crippen molar-refractivity contribution >= 4 is 22.5 Å². The summed E-state index contributed by atoms with van der Waals surface area (Å²) in [7, 11) is 0. The second-order valence-corrected chi connectivity index (χ2v) is 8.04. The van der Waals surface area contributed by atoms with Crippen LogP contribution in [0.25, 0.3) is 16.6 Å². The van der Waals surface area contributed by atoms with Crippen LogP contribution >= 0.6 is 0 Å². The van der Waals surface area contributed by atoms with Gasteiger partial charge in [0.25, 0.3) is 5.91 Å². The van der Waals surface area contributed by atoms with Crippen LogP contribution in [0.5, 0.6) is 0 Å². The van der Waals surface area contributed by atoms with Crippen molar-refractivity contribution in [2.24, 2.45) is 5.73 Å². The van der Waals surface area contributed by atoms with Gasteiger partial charge in [-0.1, -0.05) is 12.1 Å². The number of nitrogens with two attached hydrogens (primary N) is 1. The van der Waals surface area contributed by atoms with E-state index in [9.17, 15) is 4.79 Å². The fourth-order valence-corrected chi connectivity index (χ4v) is 4.25. The number of carbonyl (C=O) groups is 1. The number of benzene rings is 2. The van der Waals surface area contributed by atoms with Crippen LogP contribution in [0.15, 0.2) is 60.8 Å². The Hall–Kier alpha value is -3.58. The highest BCUT2D eigenvalue weighted by Gasteiger charge is 2.12. The van der Waals surface area contributed by atoms with Crippen molar-refractivity contribution in [1.82, 2.24) is 19.7 Å². The summed E-state index contributed by atoms with van der Waals surface area (Å²) in [5.74, 6) is -0.517. The van der Waals surface area contributed by atoms with Crippen LogP contribution < -0.4 is 16.0 Å². The molecule has 1 amide bonds. The lowest BCUT2D eigenvalue weighted by atomic mass is 10.1. The van der Waals surface area contributed by atoms with E-state index in [1.165, 1.54) is 11.3 Å². The fraction of sp³-hybridized carbons (Fsp3) is 0.250. The van der Waals surface area contributed by atoms with Gasteiger partial charge in [0.1, 0.15) is 0 Å². The van der Waals surface area contributed by atoms with Gasteiger partial charge in [-0.3, -0.25) is 4.79 Å². The Morgan fingerprint density at radius 3 is 2.48 bits per heavy atom. The van der Waals surface area contributed by atoms with Crippen molar-refractivity contribution in [2.75, 3.05) is 31.1 Å². The maximum atomic E-state index is 11.4. The van der Waals surface area contributed by atoms with Crippen molar-refractivity contribution in [3.05, 3.63) is 77.7 Å². The molecule has 0 aliphatic carbocycles. The topological polar surface area (TPSA) is 81.1 Å². The van der Waals surface area contributed by atoms with Gasteiger partial charge in [0.05, 0.1) is 5.69 Å². The molecule has 2 aromatic carbocycles. The Morgan fingerprint density at radius 1 is 1.03 bits per heavy atom. The molecule has 158 valence electrons. The number of carbonyl (C=O) groups excluding carboxylic acids is 1. The van der Waals surface area contributed by atoms with E-state index in [1.807, 2.05) is 13.0 Å². The Morgan fingerprint density at radius 2 is 1.77 bits per heavy atom. The van der Waals surface area contributed by atoms with Crippen molar-refractivity contribution in [3.63, 3.8) is 0 Å². The fourth-order valence-electron chi connectivity index (χ4n) is 4.25. The van der Waals surface area contributed by atoms with Crippen LogP contribution in [0.1, 0.15) is 21.7 Å². The van der Waals surface area contributed by atoms with Crippen molar-refractivity contribution in [2.45, 2.75) is 13.5 Å². The van der Waals surface area contributed by atoms with E-state index in [4.69, 9.17) is 5.73 Å². The molecule has 0 unspecified atom stereocenters. The molecule has 7 heteroatoms. The monoisotopic (exact) mass is 414 g/mol. The summed E-state index contributed by atoms with van der Waals surface area (Å²) in [6.45, 7) is 6.93. The molecule has 0 radical (unpaired) electrons. The zero-order valence-corrected chi connectivity index (χ0v) is 17.6. The molecular formula is C24H26N6O. The Kier molecular flexibility index (Phi) is 4.95. The van der Waals surface area contributed by atoms with Gasteiger partial charge < -0.3 is 20.5 Å². The van der Waals surface area contributed by atoms with Crippen LogP contribution in [-0.2, 0) is 6.54 Å². The van der Waals surface area contributed by atoms with Crippen LogP contribution in [0.4, 0.5) is 5.69 Å². The highest BCUT2D eigenvalue weighted by Crippen LogP contribution is 2.23. The Bertz CT molecular complexity index is 1230. The third kappa shape index (κ3) is 3.80. The van der Waals surface area contributed by atoms with E-state index < -0.39 is 5.91 Å². The molecule has 3 N–H and O–H groups in total. The lowest BCUT2D eigenvalue weighted by Crippen LogP contribution is -2.43. The molecule has 1 aliphatic rings. The largest absolute Gasteiger partial charge is 0.369 e. The van der Waals surface area contributed by atoms with Crippen LogP contribution in [0.3, 0.4) is 0 Å². The zero-order valence-electron chi connectivity index (χ0n) is 17.6. The molecule has 5 rings (SSSR count). The molecule has 31 heavy (non-hydrogen) atoms. The zero-order chi connectivity index (χ0) is 21.4. The number of nitrogens with zero attached hydrogens (tertiary/aromatic N) is 4. The molecule has 3 heterocycles. The third-order valence-electron chi connectivity index (χ3n) is 5.91. The lowest BCUT2D eigenvalue weighted by Gasteiger charge is -2.29. The van der Waals surface area contributed by atoms with E-state index in [-0.39, 0.29) is 5.69 Å². The molecule has 1 aliphatic heterocycles. The van der Waals surface area contributed by atoms with Gasteiger partial charge >= 0.3 is 0 Å². The van der Waals surface area contributed by atoms with Crippen LogP contribution in [-0.4, -0.2) is 46.4 Å². The molecule has 0 saturated carbocycles. The highest BCUT2D eigenvalue weighted by molar-refractivity contribution is 5.91. The number of piperazine rings is 1. The number of anilines is 1. The Balaban J connectivity index is 1.37. The minimum absolute atomic E-state index is 0.277. The number of amides is 1. The molecule has 1 saturated heterocycles. The van der Waals surface area contributed by atoms with Gasteiger partial charge in [0.2, 0.25) is 0 Å². The Labute approximate surface area is 181 Å². The lowest BCUT2D eigenvalue weighted by molar-refractivity contribution is 0.0995. The van der Waals surface area contributed by atoms with Crippen molar-refractivity contribution in [3.8, 4) is 5.69 Å². The van der Waals surface area contributed by atoms with E-state index in [0.717, 1.165) is 55.0 Å². The van der Waals surface area contributed by atoms with Gasteiger partial charge in [-0.05, 0) is 55.0 Å². The number of primary amides is 1. The van der Waals surface area contributed by atoms with E-state index in [0.29, 0.717) is 0 Å². The SMILES string of the molecule is Cc1cc(C(N)=O)nn1-c1ccc2c(ccn2Cc2ccc(N3CCNCC3)cc2)c1. The first-order valence-corrected chi connectivity index (χ1v) is 10.6. The first-order valence-electron chi connectivity index (χ1n) is 10.6. The second-order valence-electron chi connectivity index (χ2n) is 8.04. The molecule has 1 fully saturated rings. The highest BCUT2D eigenvalue weighted by atomic mass is 16.1. The number of aromatic nitrogens is 3. The standard InChI is InChI=1S/C24H26N6O/c1-17-14-22(24(25)31)27-30(17)21-6-7-23-19(15-21)8-11-29(23)16-18-2-4-20(5-3-18)28-12-9-26-10-13-28/h2-8,11,14-15,26H,9-10,12-13,16H2,1H3,(H2,25,31). The average Bonchev–Trinajstić information content (AvgIpc) is 3.38. The molecule has 0 spiro atoms. The second kappa shape index (κ2) is 7.92. The number of fused-ring (bicyclic) bond motifs is 1. The minimum Gasteiger partial charge on any atom is -0.369 e. The smallest absolute Gasteiger partial charge is 0.269 e. The van der Waals surface area contributed by atoms with Crippen LogP contribution in [0, 0.1) is 6.92 Å². The maximum absolute atomic E-state index is 11.4. The molecule has 0 atom stereocenters. The summed E-state index contributed by atoms with van der Waals surface area (Å²) < 4.78 is 4.01.